The Bertz CT molecular complexity index is 654. The zero-order chi connectivity index (χ0) is 23.3. The van der Waals surface area contributed by atoms with Crippen LogP contribution in [0.15, 0.2) is 18.3 Å². The highest BCUT2D eigenvalue weighted by atomic mass is 16.5. The van der Waals surface area contributed by atoms with E-state index in [0.717, 1.165) is 42.7 Å². The van der Waals surface area contributed by atoms with Gasteiger partial charge in [-0.1, -0.05) is 90.9 Å². The summed E-state index contributed by atoms with van der Waals surface area (Å²) in [4.78, 5) is 17.2. The van der Waals surface area contributed by atoms with Crippen molar-refractivity contribution in [2.24, 2.45) is 23.7 Å². The van der Waals surface area contributed by atoms with Crippen LogP contribution in [0.2, 0.25) is 0 Å². The second kappa shape index (κ2) is 14.8. The molecule has 0 atom stereocenters. The highest BCUT2D eigenvalue weighted by Gasteiger charge is 2.29. The molecule has 186 valence electrons. The monoisotopic (exact) mass is 455 g/mol. The summed E-state index contributed by atoms with van der Waals surface area (Å²) in [6.07, 6.45) is 25.0. The Balaban J connectivity index is 1.29. The third-order valence-corrected chi connectivity index (χ3v) is 8.40. The van der Waals surface area contributed by atoms with Crippen LogP contribution in [0.4, 0.5) is 0 Å². The maximum absolute atomic E-state index is 12.7. The van der Waals surface area contributed by atoms with Crippen molar-refractivity contribution in [3.8, 4) is 5.75 Å². The summed E-state index contributed by atoms with van der Waals surface area (Å²) < 4.78 is 5.68. The number of carbonyl (C=O) groups excluding carboxylic acids is 1. The van der Waals surface area contributed by atoms with Crippen LogP contribution in [0.1, 0.15) is 129 Å². The van der Waals surface area contributed by atoms with Crippen LogP contribution in [0.3, 0.4) is 0 Å². The van der Waals surface area contributed by atoms with Gasteiger partial charge in [0.25, 0.3) is 0 Å². The SMILES string of the molecule is CCCCCCc1ccc(OC(=O)C2CCC(CCC3CCC(CCCC)CC3)CC2)cn1. The first-order valence-corrected chi connectivity index (χ1v) is 14.3. The van der Waals surface area contributed by atoms with Gasteiger partial charge in [0, 0.05) is 5.69 Å². The van der Waals surface area contributed by atoms with Gasteiger partial charge >= 0.3 is 5.97 Å². The maximum Gasteiger partial charge on any atom is 0.314 e. The molecule has 2 saturated carbocycles. The van der Waals surface area contributed by atoms with E-state index in [-0.39, 0.29) is 11.9 Å². The number of pyridine rings is 1. The molecule has 1 aromatic heterocycles. The molecular formula is C30H49NO2. The predicted molar refractivity (Wildman–Crippen MR) is 137 cm³/mol. The van der Waals surface area contributed by atoms with Crippen molar-refractivity contribution in [1.29, 1.82) is 0 Å². The smallest absolute Gasteiger partial charge is 0.314 e. The zero-order valence-corrected chi connectivity index (χ0v) is 21.5. The highest BCUT2D eigenvalue weighted by Crippen LogP contribution is 2.38. The van der Waals surface area contributed by atoms with Gasteiger partial charge in [0.2, 0.25) is 0 Å². The number of hydrogen-bond donors (Lipinski definition) is 0. The highest BCUT2D eigenvalue weighted by molar-refractivity contribution is 5.75. The number of hydrogen-bond acceptors (Lipinski definition) is 3. The summed E-state index contributed by atoms with van der Waals surface area (Å²) in [5, 5.41) is 0. The summed E-state index contributed by atoms with van der Waals surface area (Å²) in [7, 11) is 0. The minimum absolute atomic E-state index is 0.0450. The van der Waals surface area contributed by atoms with Crippen molar-refractivity contribution >= 4 is 5.97 Å². The number of nitrogens with zero attached hydrogens (tertiary/aromatic N) is 1. The van der Waals surface area contributed by atoms with E-state index in [4.69, 9.17) is 4.74 Å². The molecule has 0 aliphatic heterocycles. The molecule has 0 saturated heterocycles. The lowest BCUT2D eigenvalue weighted by atomic mass is 9.75. The van der Waals surface area contributed by atoms with Crippen LogP contribution in [0.5, 0.6) is 5.75 Å². The van der Waals surface area contributed by atoms with Gasteiger partial charge in [-0.3, -0.25) is 9.78 Å². The second-order valence-electron chi connectivity index (χ2n) is 11.0. The van der Waals surface area contributed by atoms with Crippen molar-refractivity contribution in [3.05, 3.63) is 24.0 Å². The molecule has 0 unspecified atom stereocenters. The summed E-state index contributed by atoms with van der Waals surface area (Å²) >= 11 is 0. The molecule has 0 N–H and O–H groups in total. The molecule has 0 bridgehead atoms. The fourth-order valence-electron chi connectivity index (χ4n) is 6.01. The molecule has 3 nitrogen and oxygen atoms in total. The molecule has 1 heterocycles. The lowest BCUT2D eigenvalue weighted by Crippen LogP contribution is -2.26. The van der Waals surface area contributed by atoms with Gasteiger partial charge in [-0.25, -0.2) is 0 Å². The summed E-state index contributed by atoms with van der Waals surface area (Å²) in [5.41, 5.74) is 1.10. The van der Waals surface area contributed by atoms with Crippen LogP contribution in [0, 0.1) is 23.7 Å². The Hall–Kier alpha value is -1.38. The molecule has 0 spiro atoms. The van der Waals surface area contributed by atoms with E-state index in [0.29, 0.717) is 5.75 Å². The average molecular weight is 456 g/mol. The third kappa shape index (κ3) is 9.41. The van der Waals surface area contributed by atoms with Crippen molar-refractivity contribution in [2.45, 2.75) is 129 Å². The molecule has 1 aromatic rings. The van der Waals surface area contributed by atoms with Gasteiger partial charge in [0.05, 0.1) is 12.1 Å². The molecule has 3 rings (SSSR count). The van der Waals surface area contributed by atoms with E-state index in [9.17, 15) is 4.79 Å². The summed E-state index contributed by atoms with van der Waals surface area (Å²) in [5.74, 6) is 3.43. The van der Waals surface area contributed by atoms with Gasteiger partial charge in [-0.2, -0.15) is 0 Å². The molecule has 33 heavy (non-hydrogen) atoms. The second-order valence-corrected chi connectivity index (χ2v) is 11.0. The molecule has 2 aliphatic carbocycles. The quantitative estimate of drug-likeness (QED) is 0.220. The van der Waals surface area contributed by atoms with Crippen LogP contribution in [-0.4, -0.2) is 11.0 Å². The number of esters is 1. The summed E-state index contributed by atoms with van der Waals surface area (Å²) in [6, 6.07) is 3.94. The molecule has 0 amide bonds. The van der Waals surface area contributed by atoms with E-state index in [2.05, 4.69) is 18.8 Å². The van der Waals surface area contributed by atoms with Crippen LogP contribution >= 0.6 is 0 Å². The average Bonchev–Trinajstić information content (AvgIpc) is 2.86. The molecule has 0 aromatic carbocycles. The van der Waals surface area contributed by atoms with Crippen LogP contribution in [-0.2, 0) is 11.2 Å². The lowest BCUT2D eigenvalue weighted by molar-refractivity contribution is -0.140. The summed E-state index contributed by atoms with van der Waals surface area (Å²) in [6.45, 7) is 4.54. The van der Waals surface area contributed by atoms with E-state index in [1.165, 1.54) is 96.3 Å². The standard InChI is InChI=1S/C30H49NO2/c1-3-5-7-8-10-28-21-22-29(23-31-28)33-30(32)27-19-17-26(18-20-27)16-15-25-13-11-24(12-14-25)9-6-4-2/h21-27H,3-20H2,1-2H3. The van der Waals surface area contributed by atoms with Gasteiger partial charge in [0.1, 0.15) is 5.75 Å². The molecule has 3 heteroatoms. The minimum Gasteiger partial charge on any atom is -0.425 e. The largest absolute Gasteiger partial charge is 0.425 e. The van der Waals surface area contributed by atoms with Gasteiger partial charge in [-0.15, -0.1) is 0 Å². The maximum atomic E-state index is 12.7. The number of ether oxygens (including phenoxy) is 1. The Labute approximate surface area is 203 Å². The number of aryl methyl sites for hydroxylation is 1. The first-order chi connectivity index (χ1) is 16.2. The Morgan fingerprint density at radius 3 is 1.97 bits per heavy atom. The topological polar surface area (TPSA) is 39.2 Å². The van der Waals surface area contributed by atoms with Crippen molar-refractivity contribution in [3.63, 3.8) is 0 Å². The van der Waals surface area contributed by atoms with Crippen molar-refractivity contribution < 1.29 is 9.53 Å². The zero-order valence-electron chi connectivity index (χ0n) is 21.5. The Kier molecular flexibility index (Phi) is 11.8. The van der Waals surface area contributed by atoms with Gasteiger partial charge in [0.15, 0.2) is 0 Å². The van der Waals surface area contributed by atoms with Gasteiger partial charge < -0.3 is 4.74 Å². The Morgan fingerprint density at radius 1 is 0.788 bits per heavy atom. The van der Waals surface area contributed by atoms with Crippen LogP contribution < -0.4 is 4.74 Å². The van der Waals surface area contributed by atoms with E-state index in [1.54, 1.807) is 6.20 Å². The van der Waals surface area contributed by atoms with Gasteiger partial charge in [-0.05, 0) is 68.4 Å². The number of aromatic nitrogens is 1. The fraction of sp³-hybridized carbons (Fsp3) is 0.800. The minimum atomic E-state index is -0.0450. The number of carbonyl (C=O) groups is 1. The fourth-order valence-corrected chi connectivity index (χ4v) is 6.01. The first-order valence-electron chi connectivity index (χ1n) is 14.3. The Morgan fingerprint density at radius 2 is 1.39 bits per heavy atom. The normalized spacial score (nSPS) is 25.6. The molecular weight excluding hydrogens is 406 g/mol. The van der Waals surface area contributed by atoms with Crippen molar-refractivity contribution in [2.75, 3.05) is 0 Å². The van der Waals surface area contributed by atoms with E-state index < -0.39 is 0 Å². The van der Waals surface area contributed by atoms with Crippen molar-refractivity contribution in [1.82, 2.24) is 4.98 Å². The number of unbranched alkanes of at least 4 members (excludes halogenated alkanes) is 4. The first kappa shape index (κ1) is 26.2. The third-order valence-electron chi connectivity index (χ3n) is 8.40. The van der Waals surface area contributed by atoms with E-state index >= 15 is 0 Å². The van der Waals surface area contributed by atoms with Crippen LogP contribution in [0.25, 0.3) is 0 Å². The van der Waals surface area contributed by atoms with E-state index in [1.807, 2.05) is 12.1 Å². The lowest BCUT2D eigenvalue weighted by Gasteiger charge is -2.31. The molecule has 0 radical (unpaired) electrons. The molecule has 2 aliphatic rings. The number of rotatable bonds is 13. The predicted octanol–water partition coefficient (Wildman–Crippen LogP) is 8.69. The molecule has 2 fully saturated rings.